The van der Waals surface area contributed by atoms with E-state index < -0.39 is 0 Å². The lowest BCUT2D eigenvalue weighted by Crippen LogP contribution is -2.06. The molecule has 0 radical (unpaired) electrons. The molecule has 166 valence electrons. The lowest BCUT2D eigenvalue weighted by molar-refractivity contribution is -0.143. The molecule has 0 aliphatic carbocycles. The maximum absolute atomic E-state index is 11.3. The van der Waals surface area contributed by atoms with Gasteiger partial charge < -0.3 is 4.74 Å². The first-order valence-corrected chi connectivity index (χ1v) is 12.8. The molecule has 0 spiro atoms. The first kappa shape index (κ1) is 27.6. The molecule has 0 amide bonds. The van der Waals surface area contributed by atoms with Crippen LogP contribution in [0.1, 0.15) is 128 Å². The summed E-state index contributed by atoms with van der Waals surface area (Å²) in [5.41, 5.74) is 0. The molecule has 3 heteroatoms. The van der Waals surface area contributed by atoms with Crippen LogP contribution in [-0.4, -0.2) is 18.3 Å². The number of esters is 1. The summed E-state index contributed by atoms with van der Waals surface area (Å²) in [4.78, 5) is 11.3. The lowest BCUT2D eigenvalue weighted by atomic mass is 10.0. The fourth-order valence-electron chi connectivity index (χ4n) is 3.62. The van der Waals surface area contributed by atoms with E-state index in [1.54, 1.807) is 0 Å². The molecule has 0 aliphatic heterocycles. The lowest BCUT2D eigenvalue weighted by Gasteiger charge is -2.04. The second-order valence-corrected chi connectivity index (χ2v) is 8.58. The Bertz CT molecular complexity index is 331. The van der Waals surface area contributed by atoms with Gasteiger partial charge in [-0.1, -0.05) is 109 Å². The summed E-state index contributed by atoms with van der Waals surface area (Å²) in [6, 6.07) is 0. The van der Waals surface area contributed by atoms with Crippen molar-refractivity contribution >= 4 is 18.6 Å². The molecule has 0 aromatic rings. The zero-order valence-corrected chi connectivity index (χ0v) is 19.5. The monoisotopic (exact) mass is 412 g/mol. The van der Waals surface area contributed by atoms with Gasteiger partial charge in [-0.25, -0.2) is 0 Å². The molecule has 0 aromatic carbocycles. The van der Waals surface area contributed by atoms with E-state index >= 15 is 0 Å². The quantitative estimate of drug-likeness (QED) is 0.0788. The number of carbonyl (C=O) groups excluding carboxylic acids is 1. The fraction of sp³-hybridized carbons (Fsp3) is 0.880. The van der Waals surface area contributed by atoms with E-state index in [9.17, 15) is 4.79 Å². The summed E-state index contributed by atoms with van der Waals surface area (Å²) in [5, 5.41) is 0. The Morgan fingerprint density at radius 3 is 1.36 bits per heavy atom. The molecular weight excluding hydrogens is 364 g/mol. The van der Waals surface area contributed by atoms with E-state index in [0.29, 0.717) is 18.8 Å². The Balaban J connectivity index is 3.05. The van der Waals surface area contributed by atoms with E-state index in [1.165, 1.54) is 109 Å². The Hall–Kier alpha value is -0.440. The highest BCUT2D eigenvalue weighted by Crippen LogP contribution is 2.14. The summed E-state index contributed by atoms with van der Waals surface area (Å²) in [7, 11) is 0. The van der Waals surface area contributed by atoms with E-state index in [1.807, 2.05) is 6.08 Å². The number of hydrogen-bond donors (Lipinski definition) is 1. The minimum atomic E-state index is -0.0618. The summed E-state index contributed by atoms with van der Waals surface area (Å²) >= 11 is 4.03. The predicted molar refractivity (Wildman–Crippen MR) is 127 cm³/mol. The smallest absolute Gasteiger partial charge is 0.305 e. The second kappa shape index (κ2) is 24.6. The molecule has 28 heavy (non-hydrogen) atoms. The van der Waals surface area contributed by atoms with Gasteiger partial charge in [0.05, 0.1) is 0 Å². The van der Waals surface area contributed by atoms with Gasteiger partial charge in [0.1, 0.15) is 6.61 Å². The third-order valence-electron chi connectivity index (χ3n) is 5.39. The van der Waals surface area contributed by atoms with Gasteiger partial charge in [-0.05, 0) is 19.3 Å². The van der Waals surface area contributed by atoms with Crippen LogP contribution < -0.4 is 0 Å². The van der Waals surface area contributed by atoms with Gasteiger partial charge in [0, 0.05) is 12.2 Å². The van der Waals surface area contributed by atoms with Crippen LogP contribution in [0.4, 0.5) is 0 Å². The number of allylic oxidation sites excluding steroid dienone is 1. The van der Waals surface area contributed by atoms with Crippen molar-refractivity contribution in [3.8, 4) is 0 Å². The topological polar surface area (TPSA) is 26.3 Å². The molecule has 0 fully saturated rings. The van der Waals surface area contributed by atoms with Gasteiger partial charge in [0.2, 0.25) is 0 Å². The average Bonchev–Trinajstić information content (AvgIpc) is 2.70. The van der Waals surface area contributed by atoms with Gasteiger partial charge in [-0.3, -0.25) is 4.79 Å². The Morgan fingerprint density at radius 1 is 0.643 bits per heavy atom. The molecule has 0 saturated heterocycles. The predicted octanol–water partition coefficient (Wildman–Crippen LogP) is 8.45. The minimum Gasteiger partial charge on any atom is -0.465 e. The van der Waals surface area contributed by atoms with Crippen LogP contribution in [0.2, 0.25) is 0 Å². The van der Waals surface area contributed by atoms with Gasteiger partial charge >= 0.3 is 5.97 Å². The first-order chi connectivity index (χ1) is 13.8. The van der Waals surface area contributed by atoms with Crippen molar-refractivity contribution in [3.63, 3.8) is 0 Å². The zero-order chi connectivity index (χ0) is 20.5. The van der Waals surface area contributed by atoms with Crippen molar-refractivity contribution in [1.29, 1.82) is 0 Å². The molecule has 0 N–H and O–H groups in total. The van der Waals surface area contributed by atoms with Gasteiger partial charge in [-0.15, -0.1) is 6.58 Å². The zero-order valence-electron chi connectivity index (χ0n) is 18.6. The molecule has 0 atom stereocenters. The van der Waals surface area contributed by atoms with Crippen LogP contribution in [0, 0.1) is 0 Å². The molecule has 2 nitrogen and oxygen atoms in total. The fourth-order valence-corrected chi connectivity index (χ4v) is 3.71. The Kier molecular flexibility index (Phi) is 24.2. The Labute approximate surface area is 181 Å². The highest BCUT2D eigenvalue weighted by molar-refractivity contribution is 7.80. The molecule has 0 aromatic heterocycles. The average molecular weight is 413 g/mol. The van der Waals surface area contributed by atoms with Gasteiger partial charge in [0.25, 0.3) is 0 Å². The van der Waals surface area contributed by atoms with Crippen LogP contribution >= 0.6 is 12.6 Å². The normalized spacial score (nSPS) is 10.9. The van der Waals surface area contributed by atoms with Crippen molar-refractivity contribution in [2.75, 3.05) is 12.4 Å². The number of unbranched alkanes of at least 4 members (excludes halogenated alkanes) is 18. The molecule has 0 saturated carbocycles. The summed E-state index contributed by atoms with van der Waals surface area (Å²) < 4.78 is 5.01. The van der Waals surface area contributed by atoms with E-state index in [4.69, 9.17) is 4.74 Å². The maximum Gasteiger partial charge on any atom is 0.305 e. The number of thiol groups is 1. The molecular formula is C25H48O2S. The highest BCUT2D eigenvalue weighted by atomic mass is 32.1. The van der Waals surface area contributed by atoms with Crippen LogP contribution in [0.15, 0.2) is 12.7 Å². The number of ether oxygens (including phenoxy) is 1. The molecule has 0 bridgehead atoms. The minimum absolute atomic E-state index is 0.0618. The largest absolute Gasteiger partial charge is 0.465 e. The van der Waals surface area contributed by atoms with Crippen molar-refractivity contribution in [3.05, 3.63) is 12.7 Å². The third kappa shape index (κ3) is 23.6. The SMILES string of the molecule is C=CCCCCCCCCCCCCCCCCCCCCC(=O)OCCS. The Morgan fingerprint density at radius 2 is 1.00 bits per heavy atom. The molecule has 0 unspecified atom stereocenters. The van der Waals surface area contributed by atoms with Crippen LogP contribution in [-0.2, 0) is 9.53 Å². The highest BCUT2D eigenvalue weighted by Gasteiger charge is 2.01. The summed E-state index contributed by atoms with van der Waals surface area (Å²) in [6.07, 6.45) is 28.2. The summed E-state index contributed by atoms with van der Waals surface area (Å²) in [5.74, 6) is 0.552. The van der Waals surface area contributed by atoms with Crippen molar-refractivity contribution < 1.29 is 9.53 Å². The van der Waals surface area contributed by atoms with Crippen molar-refractivity contribution in [2.24, 2.45) is 0 Å². The van der Waals surface area contributed by atoms with Gasteiger partial charge in [-0.2, -0.15) is 12.6 Å². The van der Waals surface area contributed by atoms with Crippen LogP contribution in [0.5, 0.6) is 0 Å². The number of carbonyl (C=O) groups is 1. The standard InChI is InChI=1S/C25H48O2S/c1-2-3-4-5-6-7-8-9-10-11-12-13-14-15-16-17-18-19-20-21-22-25(26)27-23-24-28/h2,28H,1,3-24H2. The van der Waals surface area contributed by atoms with E-state index in [-0.39, 0.29) is 5.97 Å². The molecule has 0 rings (SSSR count). The van der Waals surface area contributed by atoms with E-state index in [2.05, 4.69) is 19.2 Å². The van der Waals surface area contributed by atoms with Crippen molar-refractivity contribution in [1.82, 2.24) is 0 Å². The first-order valence-electron chi connectivity index (χ1n) is 12.2. The number of hydrogen-bond acceptors (Lipinski definition) is 3. The van der Waals surface area contributed by atoms with E-state index in [0.717, 1.165) is 12.8 Å². The second-order valence-electron chi connectivity index (χ2n) is 8.14. The number of rotatable bonds is 23. The van der Waals surface area contributed by atoms with Crippen LogP contribution in [0.3, 0.4) is 0 Å². The van der Waals surface area contributed by atoms with Crippen LogP contribution in [0.25, 0.3) is 0 Å². The van der Waals surface area contributed by atoms with Gasteiger partial charge in [0.15, 0.2) is 0 Å². The molecule has 0 heterocycles. The maximum atomic E-state index is 11.3. The van der Waals surface area contributed by atoms with Crippen molar-refractivity contribution in [2.45, 2.75) is 128 Å². The summed E-state index contributed by atoms with van der Waals surface area (Å²) in [6.45, 7) is 4.22. The molecule has 0 aliphatic rings. The third-order valence-corrected chi connectivity index (χ3v) is 5.58.